The van der Waals surface area contributed by atoms with E-state index in [1.165, 1.54) is 0 Å². The average Bonchev–Trinajstić information content (AvgIpc) is 2.08. The zero-order valence-corrected chi connectivity index (χ0v) is 10.5. The van der Waals surface area contributed by atoms with Crippen LogP contribution in [0.3, 0.4) is 0 Å². The van der Waals surface area contributed by atoms with Crippen molar-refractivity contribution in [3.63, 3.8) is 0 Å². The maximum Gasteiger partial charge on any atom is 0.323 e. The third kappa shape index (κ3) is 8.64. The smallest absolute Gasteiger partial charge is 0.323 e. The van der Waals surface area contributed by atoms with Crippen molar-refractivity contribution in [2.75, 3.05) is 0 Å². The molecule has 1 unspecified atom stereocenters. The van der Waals surface area contributed by atoms with Crippen molar-refractivity contribution in [1.29, 1.82) is 0 Å². The minimum atomic E-state index is -0.548. The molecular weight excluding hydrogens is 206 g/mol. The quantitative estimate of drug-likeness (QED) is 0.350. The first-order valence-electron chi connectivity index (χ1n) is 5.72. The topological polar surface area (TPSA) is 104 Å². The van der Waals surface area contributed by atoms with Crippen molar-refractivity contribution in [3.8, 4) is 0 Å². The van der Waals surface area contributed by atoms with E-state index in [0.29, 0.717) is 6.42 Å². The van der Waals surface area contributed by atoms with Crippen LogP contribution in [-0.2, 0) is 9.53 Å². The molecule has 0 amide bonds. The predicted molar refractivity (Wildman–Crippen MR) is 64.5 cm³/mol. The van der Waals surface area contributed by atoms with Gasteiger partial charge in [0, 0.05) is 0 Å². The van der Waals surface area contributed by atoms with Gasteiger partial charge in [-0.25, -0.2) is 0 Å². The lowest BCUT2D eigenvalue weighted by atomic mass is 10.1. The van der Waals surface area contributed by atoms with Crippen LogP contribution in [0.25, 0.3) is 0 Å². The van der Waals surface area contributed by atoms with E-state index in [0.717, 1.165) is 19.3 Å². The summed E-state index contributed by atoms with van der Waals surface area (Å²) in [4.78, 5) is 11.5. The first kappa shape index (κ1) is 15.3. The van der Waals surface area contributed by atoms with Crippen LogP contribution >= 0.6 is 0 Å². The Bertz CT molecular complexity index is 212. The van der Waals surface area contributed by atoms with E-state index >= 15 is 0 Å². The number of unbranched alkanes of at least 4 members (excludes halogenated alkanes) is 1. The first-order chi connectivity index (χ1) is 7.22. The molecule has 0 spiro atoms. The van der Waals surface area contributed by atoms with Gasteiger partial charge in [0.2, 0.25) is 0 Å². The molecule has 0 aliphatic carbocycles. The molecule has 0 aliphatic rings. The molecular formula is C11H25N3O2. The van der Waals surface area contributed by atoms with Crippen LogP contribution in [0, 0.1) is 0 Å². The lowest BCUT2D eigenvalue weighted by Crippen LogP contribution is -2.37. The molecule has 0 aromatic rings. The van der Waals surface area contributed by atoms with Gasteiger partial charge in [-0.3, -0.25) is 4.79 Å². The maximum absolute atomic E-state index is 11.5. The van der Waals surface area contributed by atoms with Gasteiger partial charge in [-0.05, 0) is 33.6 Å². The average molecular weight is 231 g/mol. The van der Waals surface area contributed by atoms with E-state index in [-0.39, 0.29) is 12.1 Å². The van der Waals surface area contributed by atoms with Gasteiger partial charge in [-0.1, -0.05) is 12.8 Å². The molecule has 0 saturated carbocycles. The first-order valence-corrected chi connectivity index (χ1v) is 5.72. The van der Waals surface area contributed by atoms with Crippen molar-refractivity contribution in [3.05, 3.63) is 0 Å². The Balaban J connectivity index is 3.72. The van der Waals surface area contributed by atoms with Crippen molar-refractivity contribution in [2.45, 2.75) is 64.3 Å². The summed E-state index contributed by atoms with van der Waals surface area (Å²) in [6, 6.07) is -0.548. The molecule has 5 heteroatoms. The third-order valence-corrected chi connectivity index (χ3v) is 2.01. The van der Waals surface area contributed by atoms with E-state index in [9.17, 15) is 4.79 Å². The second kappa shape index (κ2) is 6.83. The zero-order chi connectivity index (χ0) is 12.8. The Kier molecular flexibility index (Phi) is 6.55. The number of carbonyl (C=O) groups excluding carboxylic acids is 1. The molecule has 1 atom stereocenters. The number of hydrogen-bond donors (Lipinski definition) is 3. The molecule has 0 rings (SSSR count). The highest BCUT2D eigenvalue weighted by Gasteiger charge is 2.21. The second-order valence-electron chi connectivity index (χ2n) is 5.09. The molecule has 0 radical (unpaired) electrons. The van der Waals surface area contributed by atoms with Crippen LogP contribution < -0.4 is 17.2 Å². The van der Waals surface area contributed by atoms with Crippen molar-refractivity contribution in [2.24, 2.45) is 17.2 Å². The molecule has 0 bridgehead atoms. The Hall–Kier alpha value is -0.650. The summed E-state index contributed by atoms with van der Waals surface area (Å²) in [5.41, 5.74) is 16.0. The highest BCUT2D eigenvalue weighted by atomic mass is 16.6. The van der Waals surface area contributed by atoms with Crippen LogP contribution in [0.15, 0.2) is 0 Å². The number of esters is 1. The van der Waals surface area contributed by atoms with E-state index in [2.05, 4.69) is 0 Å². The SMILES string of the molecule is CC(C)(C)OC(=O)C(N)CCCCC(N)N. The largest absolute Gasteiger partial charge is 0.459 e. The molecule has 0 aliphatic heterocycles. The van der Waals surface area contributed by atoms with Gasteiger partial charge < -0.3 is 21.9 Å². The van der Waals surface area contributed by atoms with Gasteiger partial charge in [0.25, 0.3) is 0 Å². The summed E-state index contributed by atoms with van der Waals surface area (Å²) < 4.78 is 5.16. The van der Waals surface area contributed by atoms with Crippen LogP contribution in [-0.4, -0.2) is 23.8 Å². The summed E-state index contributed by atoms with van der Waals surface area (Å²) in [5.74, 6) is -0.343. The standard InChI is InChI=1S/C11H25N3O2/c1-11(2,3)16-10(15)8(12)6-4-5-7-9(13)14/h8-9H,4-7,12-14H2,1-3H3. The molecule has 0 aromatic carbocycles. The molecule has 0 heterocycles. The Labute approximate surface area is 97.7 Å². The fourth-order valence-corrected chi connectivity index (χ4v) is 1.24. The fourth-order valence-electron chi connectivity index (χ4n) is 1.24. The van der Waals surface area contributed by atoms with Crippen molar-refractivity contribution >= 4 is 5.97 Å². The molecule has 0 aromatic heterocycles. The molecule has 16 heavy (non-hydrogen) atoms. The molecule has 6 N–H and O–H groups in total. The van der Waals surface area contributed by atoms with E-state index < -0.39 is 11.6 Å². The van der Waals surface area contributed by atoms with E-state index in [1.54, 1.807) is 0 Å². The third-order valence-electron chi connectivity index (χ3n) is 2.01. The number of nitrogens with two attached hydrogens (primary N) is 3. The van der Waals surface area contributed by atoms with Crippen LogP contribution in [0.4, 0.5) is 0 Å². The maximum atomic E-state index is 11.5. The molecule has 0 fully saturated rings. The molecule has 5 nitrogen and oxygen atoms in total. The monoisotopic (exact) mass is 231 g/mol. The minimum absolute atomic E-state index is 0.280. The Morgan fingerprint density at radius 2 is 1.62 bits per heavy atom. The predicted octanol–water partition coefficient (Wildman–Crippen LogP) is 0.459. The lowest BCUT2D eigenvalue weighted by Gasteiger charge is -2.22. The van der Waals surface area contributed by atoms with Gasteiger partial charge in [0.15, 0.2) is 0 Å². The van der Waals surface area contributed by atoms with Gasteiger partial charge in [0.05, 0.1) is 6.17 Å². The van der Waals surface area contributed by atoms with Crippen LogP contribution in [0.2, 0.25) is 0 Å². The van der Waals surface area contributed by atoms with Gasteiger partial charge in [0.1, 0.15) is 11.6 Å². The van der Waals surface area contributed by atoms with Gasteiger partial charge in [-0.15, -0.1) is 0 Å². The number of ether oxygens (including phenoxy) is 1. The zero-order valence-electron chi connectivity index (χ0n) is 10.5. The summed E-state index contributed by atoms with van der Waals surface area (Å²) >= 11 is 0. The number of carbonyl (C=O) groups is 1. The normalized spacial score (nSPS) is 13.9. The fraction of sp³-hybridized carbons (Fsp3) is 0.909. The van der Waals surface area contributed by atoms with E-state index in [1.807, 2.05) is 20.8 Å². The molecule has 96 valence electrons. The van der Waals surface area contributed by atoms with Crippen LogP contribution in [0.1, 0.15) is 46.5 Å². The number of rotatable bonds is 6. The van der Waals surface area contributed by atoms with Crippen molar-refractivity contribution in [1.82, 2.24) is 0 Å². The van der Waals surface area contributed by atoms with Gasteiger partial charge in [-0.2, -0.15) is 0 Å². The summed E-state index contributed by atoms with van der Waals surface area (Å²) in [6.45, 7) is 5.47. The van der Waals surface area contributed by atoms with Crippen LogP contribution in [0.5, 0.6) is 0 Å². The summed E-state index contributed by atoms with van der Waals surface area (Å²) in [6.07, 6.45) is 2.81. The number of hydrogen-bond acceptors (Lipinski definition) is 5. The lowest BCUT2D eigenvalue weighted by molar-refractivity contribution is -0.156. The second-order valence-corrected chi connectivity index (χ2v) is 5.09. The highest BCUT2D eigenvalue weighted by Crippen LogP contribution is 2.10. The van der Waals surface area contributed by atoms with E-state index in [4.69, 9.17) is 21.9 Å². The van der Waals surface area contributed by atoms with Gasteiger partial charge >= 0.3 is 5.97 Å². The Morgan fingerprint density at radius 3 is 2.06 bits per heavy atom. The Morgan fingerprint density at radius 1 is 1.12 bits per heavy atom. The highest BCUT2D eigenvalue weighted by molar-refractivity contribution is 5.75. The minimum Gasteiger partial charge on any atom is -0.459 e. The molecule has 0 saturated heterocycles. The summed E-state index contributed by atoms with van der Waals surface area (Å²) in [7, 11) is 0. The van der Waals surface area contributed by atoms with Crippen molar-refractivity contribution < 1.29 is 9.53 Å². The summed E-state index contributed by atoms with van der Waals surface area (Å²) in [5, 5.41) is 0.